The zero-order valence-electron chi connectivity index (χ0n) is 19.8. The van der Waals surface area contributed by atoms with Gasteiger partial charge in [-0.3, -0.25) is 4.79 Å². The van der Waals surface area contributed by atoms with Gasteiger partial charge in [0.25, 0.3) is 5.91 Å². The highest BCUT2D eigenvalue weighted by Gasteiger charge is 2.28. The van der Waals surface area contributed by atoms with Crippen molar-refractivity contribution < 1.29 is 17.9 Å². The number of nitrogens with one attached hydrogen (secondary N) is 1. The van der Waals surface area contributed by atoms with E-state index in [1.807, 2.05) is 0 Å². The predicted octanol–water partition coefficient (Wildman–Crippen LogP) is 3.50. The molecule has 1 aromatic rings. The number of nitrogens with zero attached hydrogens (tertiary/aromatic N) is 2. The third-order valence-corrected chi connectivity index (χ3v) is 8.98. The Morgan fingerprint density at radius 3 is 2.34 bits per heavy atom. The molecule has 0 aromatic heterocycles. The summed E-state index contributed by atoms with van der Waals surface area (Å²) >= 11 is 0. The van der Waals surface area contributed by atoms with Crippen molar-refractivity contribution in [2.45, 2.75) is 69.7 Å². The Morgan fingerprint density at radius 2 is 1.75 bits per heavy atom. The summed E-state index contributed by atoms with van der Waals surface area (Å²) in [6.07, 6.45) is 8.68. The van der Waals surface area contributed by atoms with Gasteiger partial charge in [-0.1, -0.05) is 33.1 Å². The topological polar surface area (TPSA) is 79.0 Å². The van der Waals surface area contributed by atoms with Gasteiger partial charge in [-0.15, -0.1) is 0 Å². The summed E-state index contributed by atoms with van der Waals surface area (Å²) in [5.74, 6) is 0.860. The lowest BCUT2D eigenvalue weighted by Gasteiger charge is -2.35. The Kier molecular flexibility index (Phi) is 8.96. The van der Waals surface area contributed by atoms with Gasteiger partial charge in [-0.25, -0.2) is 8.42 Å². The van der Waals surface area contributed by atoms with Crippen molar-refractivity contribution in [1.29, 1.82) is 0 Å². The van der Waals surface area contributed by atoms with E-state index >= 15 is 0 Å². The first-order valence-corrected chi connectivity index (χ1v) is 13.5. The summed E-state index contributed by atoms with van der Waals surface area (Å²) < 4.78 is 32.8. The van der Waals surface area contributed by atoms with Gasteiger partial charge in [0, 0.05) is 44.3 Å². The van der Waals surface area contributed by atoms with Gasteiger partial charge in [0.05, 0.1) is 7.11 Å². The number of piperidine rings is 1. The number of benzene rings is 1. The molecule has 32 heavy (non-hydrogen) atoms. The number of ether oxygens (including phenoxy) is 1. The highest BCUT2D eigenvalue weighted by Crippen LogP contribution is 2.28. The smallest absolute Gasteiger partial charge is 0.251 e. The van der Waals surface area contributed by atoms with Gasteiger partial charge in [0.1, 0.15) is 10.6 Å². The Bertz CT molecular complexity index is 856. The van der Waals surface area contributed by atoms with Crippen molar-refractivity contribution in [1.82, 2.24) is 14.5 Å². The molecular weight excluding hydrogens is 426 g/mol. The van der Waals surface area contributed by atoms with Crippen molar-refractivity contribution in [2.75, 3.05) is 39.8 Å². The Hall–Kier alpha value is -1.64. The normalized spacial score (nSPS) is 19.2. The number of hydrogen-bond donors (Lipinski definition) is 1. The van der Waals surface area contributed by atoms with E-state index in [1.165, 1.54) is 56.1 Å². The van der Waals surface area contributed by atoms with E-state index in [2.05, 4.69) is 10.2 Å². The summed E-state index contributed by atoms with van der Waals surface area (Å²) in [7, 11) is -2.29. The highest BCUT2D eigenvalue weighted by atomic mass is 32.2. The Balaban J connectivity index is 1.62. The molecule has 1 N–H and O–H groups in total. The van der Waals surface area contributed by atoms with E-state index in [9.17, 15) is 13.2 Å². The zero-order chi connectivity index (χ0) is 23.1. The maximum atomic E-state index is 13.0. The van der Waals surface area contributed by atoms with Gasteiger partial charge in [0.15, 0.2) is 0 Å². The molecule has 0 spiro atoms. The van der Waals surface area contributed by atoms with Crippen LogP contribution >= 0.6 is 0 Å². The maximum absolute atomic E-state index is 13.0. The summed E-state index contributed by atoms with van der Waals surface area (Å²) in [5.41, 5.74) is 0.348. The van der Waals surface area contributed by atoms with Crippen molar-refractivity contribution in [3.05, 3.63) is 23.8 Å². The zero-order valence-corrected chi connectivity index (χ0v) is 20.6. The molecule has 3 rings (SSSR count). The number of hydrogen-bond acceptors (Lipinski definition) is 5. The molecular formula is C24H39N3O4S. The molecule has 1 heterocycles. The van der Waals surface area contributed by atoms with Gasteiger partial charge in [-0.05, 0) is 49.8 Å². The van der Waals surface area contributed by atoms with Crippen molar-refractivity contribution in [3.63, 3.8) is 0 Å². The number of likely N-dealkylation sites (tertiary alicyclic amines) is 1. The monoisotopic (exact) mass is 465 g/mol. The third-order valence-electron chi connectivity index (χ3n) is 6.91. The van der Waals surface area contributed by atoms with Crippen molar-refractivity contribution in [3.8, 4) is 5.75 Å². The van der Waals surface area contributed by atoms with Crippen LogP contribution in [0.4, 0.5) is 0 Å². The molecule has 2 aliphatic rings. The van der Waals surface area contributed by atoms with E-state index in [4.69, 9.17) is 4.74 Å². The Morgan fingerprint density at radius 1 is 1.09 bits per heavy atom. The molecule has 1 aromatic carbocycles. The van der Waals surface area contributed by atoms with Crippen LogP contribution in [-0.2, 0) is 10.0 Å². The molecule has 1 saturated heterocycles. The molecule has 1 aliphatic heterocycles. The first kappa shape index (κ1) is 25.0. The summed E-state index contributed by atoms with van der Waals surface area (Å²) in [6.45, 7) is 7.51. The third kappa shape index (κ3) is 6.02. The fourth-order valence-electron chi connectivity index (χ4n) is 4.99. The van der Waals surface area contributed by atoms with Crippen LogP contribution in [0.5, 0.6) is 5.75 Å². The molecule has 8 heteroatoms. The summed E-state index contributed by atoms with van der Waals surface area (Å²) in [4.78, 5) is 15.5. The molecule has 1 aliphatic carbocycles. The molecule has 0 unspecified atom stereocenters. The van der Waals surface area contributed by atoms with Crippen LogP contribution < -0.4 is 10.1 Å². The second-order valence-corrected chi connectivity index (χ2v) is 10.9. The SMILES string of the molecule is CCN(CC)S(=O)(=O)c1cc(C(=O)NC2CCN(CC3CCCCC3)CC2)ccc1OC. The minimum atomic E-state index is -3.73. The second-order valence-electron chi connectivity index (χ2n) is 9.01. The average molecular weight is 466 g/mol. The van der Waals surface area contributed by atoms with Crippen molar-refractivity contribution in [2.24, 2.45) is 5.92 Å². The fraction of sp³-hybridized carbons (Fsp3) is 0.708. The van der Waals surface area contributed by atoms with Crippen LogP contribution in [-0.4, -0.2) is 69.4 Å². The molecule has 2 fully saturated rings. The highest BCUT2D eigenvalue weighted by molar-refractivity contribution is 7.89. The van der Waals surface area contributed by atoms with Crippen LogP contribution in [0.2, 0.25) is 0 Å². The van der Waals surface area contributed by atoms with Crippen molar-refractivity contribution >= 4 is 15.9 Å². The number of amides is 1. The lowest BCUT2D eigenvalue weighted by atomic mass is 9.88. The van der Waals surface area contributed by atoms with Gasteiger partial charge in [-0.2, -0.15) is 4.31 Å². The fourth-order valence-corrected chi connectivity index (χ4v) is 6.63. The predicted molar refractivity (Wildman–Crippen MR) is 127 cm³/mol. The van der Waals surface area contributed by atoms with E-state index in [0.29, 0.717) is 18.7 Å². The molecule has 180 valence electrons. The van der Waals surface area contributed by atoms with Gasteiger partial charge >= 0.3 is 0 Å². The first-order chi connectivity index (χ1) is 15.4. The Labute approximate surface area is 193 Å². The lowest BCUT2D eigenvalue weighted by molar-refractivity contribution is 0.0901. The molecule has 7 nitrogen and oxygen atoms in total. The first-order valence-electron chi connectivity index (χ1n) is 12.1. The lowest BCUT2D eigenvalue weighted by Crippen LogP contribution is -2.46. The second kappa shape index (κ2) is 11.5. The van der Waals surface area contributed by atoms with Crippen LogP contribution in [0.1, 0.15) is 69.2 Å². The largest absolute Gasteiger partial charge is 0.495 e. The molecule has 0 radical (unpaired) electrons. The van der Waals surface area contributed by atoms with E-state index < -0.39 is 10.0 Å². The van der Waals surface area contributed by atoms with E-state index in [1.54, 1.807) is 26.0 Å². The number of sulfonamides is 1. The number of methoxy groups -OCH3 is 1. The van der Waals surface area contributed by atoms with Crippen LogP contribution in [0.15, 0.2) is 23.1 Å². The standard InChI is InChI=1S/C24H39N3O4S/c1-4-27(5-2)32(29,30)23-17-20(11-12-22(23)31-3)24(28)25-21-13-15-26(16-14-21)18-19-9-7-6-8-10-19/h11-12,17,19,21H,4-10,13-16,18H2,1-3H3,(H,25,28). The number of carbonyl (C=O) groups excluding carboxylic acids is 1. The maximum Gasteiger partial charge on any atom is 0.251 e. The summed E-state index contributed by atoms with van der Waals surface area (Å²) in [5, 5.41) is 3.12. The molecule has 1 saturated carbocycles. The van der Waals surface area contributed by atoms with Crippen LogP contribution in [0.25, 0.3) is 0 Å². The minimum Gasteiger partial charge on any atom is -0.495 e. The number of carbonyl (C=O) groups is 1. The quantitative estimate of drug-likeness (QED) is 0.604. The molecule has 0 atom stereocenters. The molecule has 1 amide bonds. The van der Waals surface area contributed by atoms with Gasteiger partial charge < -0.3 is 15.0 Å². The van der Waals surface area contributed by atoms with Crippen LogP contribution in [0, 0.1) is 5.92 Å². The van der Waals surface area contributed by atoms with Crippen LogP contribution in [0.3, 0.4) is 0 Å². The summed E-state index contributed by atoms with van der Waals surface area (Å²) in [6, 6.07) is 4.76. The average Bonchev–Trinajstić information content (AvgIpc) is 2.81. The van der Waals surface area contributed by atoms with E-state index in [0.717, 1.165) is 31.8 Å². The molecule has 0 bridgehead atoms. The van der Waals surface area contributed by atoms with E-state index in [-0.39, 0.29) is 22.6 Å². The number of rotatable bonds is 9. The minimum absolute atomic E-state index is 0.0404. The van der Waals surface area contributed by atoms with Gasteiger partial charge in [0.2, 0.25) is 10.0 Å².